The third-order valence-corrected chi connectivity index (χ3v) is 3.49. The zero-order chi connectivity index (χ0) is 10.2. The van der Waals surface area contributed by atoms with Crippen molar-refractivity contribution in [2.45, 2.75) is 13.3 Å². The summed E-state index contributed by atoms with van der Waals surface area (Å²) >= 11 is 5.25. The number of hydrogen-bond acceptors (Lipinski definition) is 3. The van der Waals surface area contributed by atoms with Gasteiger partial charge in [-0.15, -0.1) is 11.3 Å². The van der Waals surface area contributed by atoms with Gasteiger partial charge in [0.2, 0.25) is 0 Å². The molecular weight excluding hydrogens is 262 g/mol. The summed E-state index contributed by atoms with van der Waals surface area (Å²) in [6.07, 6.45) is 1.10. The van der Waals surface area contributed by atoms with Gasteiger partial charge in [0, 0.05) is 24.6 Å². The highest BCUT2D eigenvalue weighted by molar-refractivity contribution is 9.11. The first kappa shape index (κ1) is 12.2. The molecule has 0 unspecified atom stereocenters. The van der Waals surface area contributed by atoms with Crippen LogP contribution in [0.4, 0.5) is 0 Å². The van der Waals surface area contributed by atoms with Crippen molar-refractivity contribution in [2.75, 3.05) is 26.3 Å². The van der Waals surface area contributed by atoms with E-state index >= 15 is 0 Å². The van der Waals surface area contributed by atoms with E-state index in [0.717, 1.165) is 32.7 Å². The molecule has 0 fully saturated rings. The average molecular weight is 278 g/mol. The highest BCUT2D eigenvalue weighted by atomic mass is 79.9. The third kappa shape index (κ3) is 5.10. The predicted octanol–water partition coefficient (Wildman–Crippen LogP) is 2.68. The van der Waals surface area contributed by atoms with Crippen LogP contribution in [0.5, 0.6) is 0 Å². The largest absolute Gasteiger partial charge is 0.380 e. The molecule has 0 radical (unpaired) electrons. The van der Waals surface area contributed by atoms with E-state index in [1.807, 2.05) is 6.92 Å². The van der Waals surface area contributed by atoms with E-state index in [4.69, 9.17) is 4.74 Å². The molecule has 2 nitrogen and oxygen atoms in total. The van der Waals surface area contributed by atoms with Gasteiger partial charge in [0.1, 0.15) is 0 Å². The molecule has 0 aliphatic carbocycles. The van der Waals surface area contributed by atoms with Crippen LogP contribution in [0.2, 0.25) is 0 Å². The fraction of sp³-hybridized carbons (Fsp3) is 0.600. The quantitative estimate of drug-likeness (QED) is 0.774. The van der Waals surface area contributed by atoms with Gasteiger partial charge in [-0.1, -0.05) is 0 Å². The number of thiophene rings is 1. The summed E-state index contributed by atoms with van der Waals surface area (Å²) in [6.45, 7) is 5.60. The summed E-state index contributed by atoms with van der Waals surface area (Å²) in [5.74, 6) is 0. The van der Waals surface area contributed by atoms with Gasteiger partial charge >= 0.3 is 0 Å². The van der Waals surface area contributed by atoms with Crippen LogP contribution in [-0.2, 0) is 11.2 Å². The van der Waals surface area contributed by atoms with Crippen molar-refractivity contribution in [1.29, 1.82) is 0 Å². The summed E-state index contributed by atoms with van der Waals surface area (Å²) in [7, 11) is 0. The first-order valence-corrected chi connectivity index (χ1v) is 6.46. The van der Waals surface area contributed by atoms with E-state index in [-0.39, 0.29) is 0 Å². The Labute approximate surface area is 97.8 Å². The van der Waals surface area contributed by atoms with E-state index < -0.39 is 0 Å². The van der Waals surface area contributed by atoms with E-state index in [0.29, 0.717) is 0 Å². The van der Waals surface area contributed by atoms with Crippen molar-refractivity contribution >= 4 is 27.3 Å². The van der Waals surface area contributed by atoms with Crippen molar-refractivity contribution in [3.8, 4) is 0 Å². The van der Waals surface area contributed by atoms with Gasteiger partial charge in [-0.25, -0.2) is 0 Å². The van der Waals surface area contributed by atoms with Crippen LogP contribution in [0.3, 0.4) is 0 Å². The van der Waals surface area contributed by atoms with Crippen molar-refractivity contribution in [3.05, 3.63) is 20.8 Å². The summed E-state index contributed by atoms with van der Waals surface area (Å²) in [4.78, 5) is 1.42. The normalized spacial score (nSPS) is 10.7. The molecule has 14 heavy (non-hydrogen) atoms. The molecule has 0 amide bonds. The fourth-order valence-electron chi connectivity index (χ4n) is 1.11. The van der Waals surface area contributed by atoms with Crippen LogP contribution >= 0.6 is 27.3 Å². The van der Waals surface area contributed by atoms with Crippen LogP contribution < -0.4 is 5.32 Å². The SMILES string of the molecule is CCOCCNCCc1ccc(Br)s1. The monoisotopic (exact) mass is 277 g/mol. The van der Waals surface area contributed by atoms with Gasteiger partial charge in [0.05, 0.1) is 10.4 Å². The molecule has 1 aromatic rings. The van der Waals surface area contributed by atoms with E-state index in [1.54, 1.807) is 11.3 Å². The second-order valence-corrected chi connectivity index (χ2v) is 5.45. The molecule has 80 valence electrons. The molecule has 4 heteroatoms. The van der Waals surface area contributed by atoms with Crippen LogP contribution in [0.15, 0.2) is 15.9 Å². The van der Waals surface area contributed by atoms with Gasteiger partial charge in [-0.05, 0) is 41.4 Å². The standard InChI is InChI=1S/C10H16BrNOS/c1-2-13-8-7-12-6-5-9-3-4-10(11)14-9/h3-4,12H,2,5-8H2,1H3. The maximum atomic E-state index is 5.22. The molecule has 1 heterocycles. The summed E-state index contributed by atoms with van der Waals surface area (Å²) < 4.78 is 6.43. The number of hydrogen-bond donors (Lipinski definition) is 1. The Bertz CT molecular complexity index is 252. The highest BCUT2D eigenvalue weighted by Gasteiger charge is 1.96. The van der Waals surface area contributed by atoms with Crippen LogP contribution in [-0.4, -0.2) is 26.3 Å². The maximum absolute atomic E-state index is 5.22. The molecule has 0 atom stereocenters. The molecule has 1 aromatic heterocycles. The number of ether oxygens (including phenoxy) is 1. The van der Waals surface area contributed by atoms with Gasteiger partial charge in [0.25, 0.3) is 0 Å². The minimum absolute atomic E-state index is 0.805. The second-order valence-electron chi connectivity index (χ2n) is 2.90. The first-order chi connectivity index (χ1) is 6.83. The average Bonchev–Trinajstić information content (AvgIpc) is 2.58. The van der Waals surface area contributed by atoms with Crippen molar-refractivity contribution in [1.82, 2.24) is 5.32 Å². The molecule has 1 rings (SSSR count). The third-order valence-electron chi connectivity index (χ3n) is 1.80. The lowest BCUT2D eigenvalue weighted by molar-refractivity contribution is 0.149. The predicted molar refractivity (Wildman–Crippen MR) is 65.1 cm³/mol. The van der Waals surface area contributed by atoms with Gasteiger partial charge in [-0.2, -0.15) is 0 Å². The second kappa shape index (κ2) is 7.40. The Balaban J connectivity index is 1.99. The van der Waals surface area contributed by atoms with Crippen molar-refractivity contribution in [3.63, 3.8) is 0 Å². The fourth-order valence-corrected chi connectivity index (χ4v) is 2.59. The van der Waals surface area contributed by atoms with Crippen LogP contribution in [0, 0.1) is 0 Å². The molecule has 0 saturated carbocycles. The molecule has 0 saturated heterocycles. The smallest absolute Gasteiger partial charge is 0.0701 e. The lowest BCUT2D eigenvalue weighted by Gasteiger charge is -2.03. The Morgan fingerprint density at radius 1 is 1.43 bits per heavy atom. The molecule has 1 N–H and O–H groups in total. The first-order valence-electron chi connectivity index (χ1n) is 4.85. The lowest BCUT2D eigenvalue weighted by Crippen LogP contribution is -2.21. The van der Waals surface area contributed by atoms with Gasteiger partial charge in [0.15, 0.2) is 0 Å². The Morgan fingerprint density at radius 2 is 2.29 bits per heavy atom. The van der Waals surface area contributed by atoms with E-state index in [9.17, 15) is 0 Å². The van der Waals surface area contributed by atoms with Crippen LogP contribution in [0.25, 0.3) is 0 Å². The zero-order valence-electron chi connectivity index (χ0n) is 8.38. The topological polar surface area (TPSA) is 21.3 Å². The van der Waals surface area contributed by atoms with Gasteiger partial charge < -0.3 is 10.1 Å². The zero-order valence-corrected chi connectivity index (χ0v) is 10.8. The summed E-state index contributed by atoms with van der Waals surface area (Å²) in [5.41, 5.74) is 0. The molecule has 0 aliphatic heterocycles. The minimum Gasteiger partial charge on any atom is -0.380 e. The number of nitrogens with one attached hydrogen (secondary N) is 1. The Morgan fingerprint density at radius 3 is 2.93 bits per heavy atom. The molecule has 0 spiro atoms. The van der Waals surface area contributed by atoms with Crippen molar-refractivity contribution < 1.29 is 4.74 Å². The molecule has 0 bridgehead atoms. The maximum Gasteiger partial charge on any atom is 0.0701 e. The van der Waals surface area contributed by atoms with Crippen molar-refractivity contribution in [2.24, 2.45) is 0 Å². The number of rotatable bonds is 7. The van der Waals surface area contributed by atoms with Gasteiger partial charge in [-0.3, -0.25) is 0 Å². The molecule has 0 aliphatic rings. The Hall–Kier alpha value is 0.1000. The summed E-state index contributed by atoms with van der Waals surface area (Å²) in [6, 6.07) is 4.26. The molecular formula is C10H16BrNOS. The molecule has 0 aromatic carbocycles. The number of halogens is 1. The van der Waals surface area contributed by atoms with E-state index in [2.05, 4.69) is 33.4 Å². The van der Waals surface area contributed by atoms with E-state index in [1.165, 1.54) is 8.66 Å². The highest BCUT2D eigenvalue weighted by Crippen LogP contribution is 2.21. The lowest BCUT2D eigenvalue weighted by atomic mass is 10.3. The van der Waals surface area contributed by atoms with Crippen LogP contribution in [0.1, 0.15) is 11.8 Å². The Kier molecular flexibility index (Phi) is 6.43. The summed E-state index contributed by atoms with van der Waals surface area (Å²) in [5, 5.41) is 3.34. The minimum atomic E-state index is 0.805.